The Labute approximate surface area is 323 Å². The van der Waals surface area contributed by atoms with Crippen molar-refractivity contribution in [3.8, 4) is 6.07 Å². The van der Waals surface area contributed by atoms with Gasteiger partial charge in [0.05, 0.1) is 36.2 Å². The van der Waals surface area contributed by atoms with Gasteiger partial charge in [0.15, 0.2) is 0 Å². The maximum atomic E-state index is 14.8. The van der Waals surface area contributed by atoms with Gasteiger partial charge in [0.25, 0.3) is 0 Å². The Bertz CT molecular complexity index is 2000. The van der Waals surface area contributed by atoms with Crippen molar-refractivity contribution in [2.45, 2.75) is 51.5 Å². The summed E-state index contributed by atoms with van der Waals surface area (Å²) in [4.78, 5) is 51.3. The largest absolute Gasteiger partial charge is 0.462 e. The number of esters is 2. The average Bonchev–Trinajstić information content (AvgIpc) is 3.45. The predicted molar refractivity (Wildman–Crippen MR) is 212 cm³/mol. The number of hydrogen-bond donors (Lipinski definition) is 0. The molecular weight excluding hydrogens is 689 g/mol. The number of ether oxygens (including phenoxy) is 2. The minimum atomic E-state index is -0.793. The molecule has 0 bridgehead atoms. The number of benzene rings is 4. The van der Waals surface area contributed by atoms with Crippen LogP contribution in [0.4, 0.5) is 0 Å². The normalized spacial score (nSPS) is 17.6. The quantitative estimate of drug-likeness (QED) is 0.102. The van der Waals surface area contributed by atoms with E-state index in [1.54, 1.807) is 25.1 Å². The van der Waals surface area contributed by atoms with E-state index in [0.29, 0.717) is 48.6 Å². The van der Waals surface area contributed by atoms with Gasteiger partial charge in [0.2, 0.25) is 5.91 Å². The summed E-state index contributed by atoms with van der Waals surface area (Å²) in [6.45, 7) is 7.22. The van der Waals surface area contributed by atoms with Crippen LogP contribution in [-0.4, -0.2) is 72.8 Å². The highest BCUT2D eigenvalue weighted by Crippen LogP contribution is 2.41. The van der Waals surface area contributed by atoms with Crippen LogP contribution < -0.4 is 0 Å². The Kier molecular flexibility index (Phi) is 13.4. The third-order valence-electron chi connectivity index (χ3n) is 10.4. The molecule has 0 N–H and O–H groups in total. The van der Waals surface area contributed by atoms with Crippen molar-refractivity contribution >= 4 is 23.6 Å². The monoisotopic (exact) mass is 736 g/mol. The van der Waals surface area contributed by atoms with Gasteiger partial charge in [0.1, 0.15) is 6.61 Å². The lowest BCUT2D eigenvalue weighted by Crippen LogP contribution is -2.45. The van der Waals surface area contributed by atoms with Gasteiger partial charge in [-0.25, -0.2) is 9.59 Å². The highest BCUT2D eigenvalue weighted by Gasteiger charge is 2.43. The van der Waals surface area contributed by atoms with Crippen LogP contribution in [0.5, 0.6) is 0 Å². The fourth-order valence-electron chi connectivity index (χ4n) is 7.75. The summed E-state index contributed by atoms with van der Waals surface area (Å²) in [5.74, 6) is -2.77. The molecule has 9 heteroatoms. The second kappa shape index (κ2) is 19.0. The molecule has 1 saturated heterocycles. The van der Waals surface area contributed by atoms with Crippen LogP contribution in [0.25, 0.3) is 0 Å². The number of carbonyl (C=O) groups is 3. The van der Waals surface area contributed by atoms with E-state index in [1.165, 1.54) is 5.56 Å². The van der Waals surface area contributed by atoms with E-state index in [0.717, 1.165) is 30.6 Å². The Morgan fingerprint density at radius 3 is 2.11 bits per heavy atom. The number of rotatable bonds is 13. The molecule has 1 fully saturated rings. The summed E-state index contributed by atoms with van der Waals surface area (Å²) in [6, 6.07) is 39.5. The van der Waals surface area contributed by atoms with Crippen molar-refractivity contribution in [3.63, 3.8) is 0 Å². The van der Waals surface area contributed by atoms with E-state index >= 15 is 0 Å². The molecule has 2 atom stereocenters. The minimum absolute atomic E-state index is 0.00948. The number of allylic oxidation sites excluding steroid dienone is 1. The van der Waals surface area contributed by atoms with E-state index < -0.39 is 23.8 Å². The molecule has 0 spiro atoms. The van der Waals surface area contributed by atoms with Crippen LogP contribution in [0, 0.1) is 17.2 Å². The van der Waals surface area contributed by atoms with Crippen molar-refractivity contribution in [3.05, 3.63) is 154 Å². The number of amides is 1. The van der Waals surface area contributed by atoms with E-state index in [2.05, 4.69) is 41.3 Å². The zero-order chi connectivity index (χ0) is 38.6. The van der Waals surface area contributed by atoms with Crippen LogP contribution in [0.3, 0.4) is 0 Å². The molecule has 9 nitrogen and oxygen atoms in total. The van der Waals surface area contributed by atoms with E-state index in [1.807, 2.05) is 78.6 Å². The Morgan fingerprint density at radius 2 is 1.44 bits per heavy atom. The lowest BCUT2D eigenvalue weighted by molar-refractivity contribution is -0.140. The molecule has 0 radical (unpaired) electrons. The van der Waals surface area contributed by atoms with Crippen molar-refractivity contribution in [2.75, 3.05) is 39.4 Å². The molecule has 2 aliphatic heterocycles. The number of nitriles is 1. The van der Waals surface area contributed by atoms with Crippen LogP contribution in [0.15, 0.2) is 132 Å². The molecule has 2 heterocycles. The first-order valence-electron chi connectivity index (χ1n) is 19.1. The first-order valence-corrected chi connectivity index (χ1v) is 19.1. The van der Waals surface area contributed by atoms with E-state index in [9.17, 15) is 14.4 Å². The zero-order valence-corrected chi connectivity index (χ0v) is 31.6. The molecule has 0 aliphatic carbocycles. The van der Waals surface area contributed by atoms with E-state index in [-0.39, 0.29) is 37.0 Å². The SMILES string of the molecule is CC1=NC(C)=C(C(=O)OCCC(c2ccccc2)c2ccccc2)C(c2cccc(C(=O)OCCC#N)c2)C1C(=O)N1CCCN(Cc2ccccc2)CC1. The van der Waals surface area contributed by atoms with Gasteiger partial charge in [-0.1, -0.05) is 103 Å². The molecule has 6 rings (SSSR count). The highest BCUT2D eigenvalue weighted by molar-refractivity contribution is 6.08. The Balaban J connectivity index is 1.27. The molecule has 4 aromatic carbocycles. The Morgan fingerprint density at radius 1 is 0.782 bits per heavy atom. The third-order valence-corrected chi connectivity index (χ3v) is 10.4. The topological polar surface area (TPSA) is 112 Å². The summed E-state index contributed by atoms with van der Waals surface area (Å²) in [7, 11) is 0. The summed E-state index contributed by atoms with van der Waals surface area (Å²) in [5.41, 5.74) is 5.74. The molecule has 2 aliphatic rings. The van der Waals surface area contributed by atoms with Crippen LogP contribution in [0.2, 0.25) is 0 Å². The summed E-state index contributed by atoms with van der Waals surface area (Å²) >= 11 is 0. The van der Waals surface area contributed by atoms with Gasteiger partial charge >= 0.3 is 11.9 Å². The second-order valence-corrected chi connectivity index (χ2v) is 14.1. The molecule has 1 amide bonds. The van der Waals surface area contributed by atoms with Crippen LogP contribution in [0.1, 0.15) is 77.6 Å². The fourth-order valence-corrected chi connectivity index (χ4v) is 7.75. The molecule has 0 aromatic heterocycles. The van der Waals surface area contributed by atoms with Gasteiger partial charge in [-0.15, -0.1) is 0 Å². The minimum Gasteiger partial charge on any atom is -0.462 e. The first kappa shape index (κ1) is 38.9. The molecular formula is C46H48N4O5. The van der Waals surface area contributed by atoms with Crippen LogP contribution in [-0.2, 0) is 25.6 Å². The molecule has 2 unspecified atom stereocenters. The number of carbonyl (C=O) groups excluding carboxylic acids is 3. The van der Waals surface area contributed by atoms with Gasteiger partial charge < -0.3 is 14.4 Å². The summed E-state index contributed by atoms with van der Waals surface area (Å²) < 4.78 is 11.4. The van der Waals surface area contributed by atoms with Crippen molar-refractivity contribution in [1.82, 2.24) is 9.80 Å². The molecule has 55 heavy (non-hydrogen) atoms. The average molecular weight is 737 g/mol. The predicted octanol–water partition coefficient (Wildman–Crippen LogP) is 7.71. The van der Waals surface area contributed by atoms with Gasteiger partial charge in [-0.2, -0.15) is 5.26 Å². The fraction of sp³-hybridized carbons (Fsp3) is 0.326. The summed E-state index contributed by atoms with van der Waals surface area (Å²) in [5, 5.41) is 8.95. The third kappa shape index (κ3) is 9.83. The smallest absolute Gasteiger partial charge is 0.338 e. The molecule has 0 saturated carbocycles. The molecule has 4 aromatic rings. The number of hydrogen-bond acceptors (Lipinski definition) is 8. The Hall–Kier alpha value is -5.85. The number of nitrogens with zero attached hydrogens (tertiary/aromatic N) is 4. The van der Waals surface area contributed by atoms with Crippen molar-refractivity contribution in [2.24, 2.45) is 10.9 Å². The van der Waals surface area contributed by atoms with Crippen molar-refractivity contribution in [1.29, 1.82) is 5.26 Å². The standard InChI is InChI=1S/C46H48N4O5/c1-33-41(44(51)50-26-14-25-49(27-28-50)32-35-15-6-3-7-16-35)43(38-21-12-22-39(31-38)45(52)54-29-13-24-47)42(34(2)48-33)46(53)55-30-23-40(36-17-8-4-9-18-36)37-19-10-5-11-20-37/h3-12,15-22,31,40-41,43H,13-14,23,25-30,32H2,1-2H3. The van der Waals surface area contributed by atoms with E-state index in [4.69, 9.17) is 19.7 Å². The first-order chi connectivity index (χ1) is 26.8. The number of aliphatic imine (C=N–C) groups is 1. The van der Waals surface area contributed by atoms with Crippen molar-refractivity contribution < 1.29 is 23.9 Å². The lowest BCUT2D eigenvalue weighted by Gasteiger charge is -2.35. The van der Waals surface area contributed by atoms with Gasteiger partial charge in [0, 0.05) is 56.0 Å². The second-order valence-electron chi connectivity index (χ2n) is 14.1. The maximum absolute atomic E-state index is 14.8. The summed E-state index contributed by atoms with van der Waals surface area (Å²) in [6.07, 6.45) is 1.44. The van der Waals surface area contributed by atoms with Gasteiger partial charge in [-0.3, -0.25) is 14.7 Å². The van der Waals surface area contributed by atoms with Gasteiger partial charge in [-0.05, 0) is 61.1 Å². The van der Waals surface area contributed by atoms with Crippen LogP contribution >= 0.6 is 0 Å². The highest BCUT2D eigenvalue weighted by atomic mass is 16.5. The lowest BCUT2D eigenvalue weighted by atomic mass is 9.74. The zero-order valence-electron chi connectivity index (χ0n) is 31.6. The maximum Gasteiger partial charge on any atom is 0.338 e. The molecule has 282 valence electrons.